The first-order valence-electron chi connectivity index (χ1n) is 7.71. The molecule has 0 bridgehead atoms. The third-order valence-electron chi connectivity index (χ3n) is 3.69. The number of amides is 2. The number of aromatic nitrogens is 2. The number of hydrogen-bond donors (Lipinski definition) is 3. The van der Waals surface area contributed by atoms with E-state index >= 15 is 0 Å². The topological polar surface area (TPSA) is 100 Å². The van der Waals surface area contributed by atoms with E-state index in [-0.39, 0.29) is 12.5 Å². The lowest BCUT2D eigenvalue weighted by Gasteiger charge is -2.23. The summed E-state index contributed by atoms with van der Waals surface area (Å²) in [6.45, 7) is 3.14. The summed E-state index contributed by atoms with van der Waals surface area (Å²) in [5, 5.41) is 18.4. The molecule has 1 aromatic carbocycles. The van der Waals surface area contributed by atoms with Crippen LogP contribution in [0.2, 0.25) is 0 Å². The summed E-state index contributed by atoms with van der Waals surface area (Å²) in [4.78, 5) is 16.4. The Bertz CT molecular complexity index is 756. The third kappa shape index (κ3) is 3.70. The molecule has 1 heterocycles. The minimum atomic E-state index is -0.784. The molecule has 7 nitrogen and oxygen atoms in total. The molecular formula is C16H19FN4O3. The molecule has 0 aliphatic heterocycles. The fourth-order valence-electron chi connectivity index (χ4n) is 2.15. The van der Waals surface area contributed by atoms with Crippen LogP contribution in [0.3, 0.4) is 0 Å². The highest BCUT2D eigenvalue weighted by Gasteiger charge is 2.29. The predicted octanol–water partition coefficient (Wildman–Crippen LogP) is 2.65. The molecule has 0 radical (unpaired) electrons. The van der Waals surface area contributed by atoms with Crippen LogP contribution in [0.25, 0.3) is 11.5 Å². The first-order valence-corrected chi connectivity index (χ1v) is 7.71. The number of nitrogens with one attached hydrogen (secondary N) is 2. The van der Waals surface area contributed by atoms with Crippen LogP contribution in [-0.4, -0.2) is 33.4 Å². The summed E-state index contributed by atoms with van der Waals surface area (Å²) < 4.78 is 18.8. The molecule has 1 aromatic heterocycles. The standard InChI is InChI=1S/C16H19FN4O3/c1-16(2,8-22)20-15(23)18-12-6-5-10(17)7-11(12)14-19-13(21-24-14)9-3-4-9/h5-7,9,22H,3-4,8H2,1-2H3,(H2,18,20,23). The quantitative estimate of drug-likeness (QED) is 0.780. The Labute approximate surface area is 138 Å². The Balaban J connectivity index is 1.83. The first-order chi connectivity index (χ1) is 11.4. The summed E-state index contributed by atoms with van der Waals surface area (Å²) in [5.74, 6) is 0.595. The van der Waals surface area contributed by atoms with Gasteiger partial charge in [-0.3, -0.25) is 0 Å². The molecule has 0 spiro atoms. The van der Waals surface area contributed by atoms with Gasteiger partial charge >= 0.3 is 6.03 Å². The monoisotopic (exact) mass is 334 g/mol. The number of carbonyl (C=O) groups is 1. The van der Waals surface area contributed by atoms with Crippen molar-refractivity contribution < 1.29 is 18.8 Å². The minimum Gasteiger partial charge on any atom is -0.394 e. The van der Waals surface area contributed by atoms with E-state index in [0.717, 1.165) is 12.8 Å². The molecule has 1 aliphatic carbocycles. The fourth-order valence-corrected chi connectivity index (χ4v) is 2.15. The summed E-state index contributed by atoms with van der Waals surface area (Å²) in [6, 6.07) is 3.37. The highest BCUT2D eigenvalue weighted by atomic mass is 19.1. The van der Waals surface area contributed by atoms with Gasteiger partial charge in [0.2, 0.25) is 0 Å². The van der Waals surface area contributed by atoms with Gasteiger partial charge in [-0.2, -0.15) is 4.98 Å². The van der Waals surface area contributed by atoms with Crippen molar-refractivity contribution in [1.29, 1.82) is 0 Å². The number of nitrogens with zero attached hydrogens (tertiary/aromatic N) is 2. The zero-order valence-electron chi connectivity index (χ0n) is 13.5. The number of urea groups is 1. The normalized spacial score (nSPS) is 14.5. The van der Waals surface area contributed by atoms with Gasteiger partial charge in [-0.1, -0.05) is 5.16 Å². The summed E-state index contributed by atoms with van der Waals surface area (Å²) in [7, 11) is 0. The molecule has 8 heteroatoms. The average Bonchev–Trinajstić information content (AvgIpc) is 3.26. The predicted molar refractivity (Wildman–Crippen MR) is 85.0 cm³/mol. The number of hydrogen-bond acceptors (Lipinski definition) is 5. The van der Waals surface area contributed by atoms with E-state index in [0.29, 0.717) is 23.0 Å². The van der Waals surface area contributed by atoms with E-state index in [1.807, 2.05) is 0 Å². The van der Waals surface area contributed by atoms with Crippen molar-refractivity contribution in [3.63, 3.8) is 0 Å². The van der Waals surface area contributed by atoms with E-state index < -0.39 is 17.4 Å². The van der Waals surface area contributed by atoms with Crippen LogP contribution in [-0.2, 0) is 0 Å². The Hall–Kier alpha value is -2.48. The molecule has 1 aliphatic rings. The van der Waals surface area contributed by atoms with Crippen molar-refractivity contribution in [2.45, 2.75) is 38.1 Å². The van der Waals surface area contributed by atoms with Crippen molar-refractivity contribution in [3.8, 4) is 11.5 Å². The van der Waals surface area contributed by atoms with Crippen molar-refractivity contribution >= 4 is 11.7 Å². The fraction of sp³-hybridized carbons (Fsp3) is 0.438. The van der Waals surface area contributed by atoms with Crippen molar-refractivity contribution in [3.05, 3.63) is 29.8 Å². The van der Waals surface area contributed by atoms with Crippen molar-refractivity contribution in [2.75, 3.05) is 11.9 Å². The molecular weight excluding hydrogens is 315 g/mol. The summed E-state index contributed by atoms with van der Waals surface area (Å²) in [5.41, 5.74) is -0.131. The number of anilines is 1. The Morgan fingerprint density at radius 1 is 1.46 bits per heavy atom. The molecule has 2 aromatic rings. The Kier molecular flexibility index (Phi) is 4.23. The molecule has 1 saturated carbocycles. The third-order valence-corrected chi connectivity index (χ3v) is 3.69. The SMILES string of the molecule is CC(C)(CO)NC(=O)Nc1ccc(F)cc1-c1nc(C2CC2)no1. The van der Waals surface area contributed by atoms with E-state index in [1.54, 1.807) is 13.8 Å². The van der Waals surface area contributed by atoms with Crippen LogP contribution < -0.4 is 10.6 Å². The van der Waals surface area contributed by atoms with Crippen molar-refractivity contribution in [2.24, 2.45) is 0 Å². The molecule has 3 rings (SSSR count). The number of rotatable bonds is 5. The van der Waals surface area contributed by atoms with Crippen LogP contribution in [0.15, 0.2) is 22.7 Å². The maximum atomic E-state index is 13.6. The van der Waals surface area contributed by atoms with Gasteiger partial charge in [0, 0.05) is 5.92 Å². The lowest BCUT2D eigenvalue weighted by molar-refractivity contribution is 0.187. The van der Waals surface area contributed by atoms with E-state index in [1.165, 1.54) is 18.2 Å². The van der Waals surface area contributed by atoms with Crippen LogP contribution >= 0.6 is 0 Å². The summed E-state index contributed by atoms with van der Waals surface area (Å²) in [6.07, 6.45) is 2.04. The number of halogens is 1. The van der Waals surface area contributed by atoms with E-state index in [4.69, 9.17) is 4.52 Å². The maximum absolute atomic E-state index is 13.6. The van der Waals surface area contributed by atoms with Gasteiger partial charge in [0.1, 0.15) is 5.82 Å². The second kappa shape index (κ2) is 6.20. The first kappa shape index (κ1) is 16.4. The minimum absolute atomic E-state index is 0.160. The molecule has 2 amide bonds. The van der Waals surface area contributed by atoms with Gasteiger partial charge in [0.15, 0.2) is 5.82 Å². The number of aliphatic hydroxyl groups excluding tert-OH is 1. The highest BCUT2D eigenvalue weighted by molar-refractivity contribution is 5.93. The maximum Gasteiger partial charge on any atom is 0.319 e. The largest absolute Gasteiger partial charge is 0.394 e. The highest BCUT2D eigenvalue weighted by Crippen LogP contribution is 2.39. The molecule has 0 unspecified atom stereocenters. The molecule has 0 saturated heterocycles. The van der Waals surface area contributed by atoms with E-state index in [2.05, 4.69) is 20.8 Å². The van der Waals surface area contributed by atoms with Crippen LogP contribution in [0, 0.1) is 5.82 Å². The average molecular weight is 334 g/mol. The van der Waals surface area contributed by atoms with Gasteiger partial charge < -0.3 is 20.3 Å². The Morgan fingerprint density at radius 3 is 2.88 bits per heavy atom. The zero-order valence-corrected chi connectivity index (χ0v) is 13.5. The van der Waals surface area contributed by atoms with Gasteiger partial charge in [-0.15, -0.1) is 0 Å². The van der Waals surface area contributed by atoms with Gasteiger partial charge in [-0.05, 0) is 44.9 Å². The molecule has 0 atom stereocenters. The molecule has 128 valence electrons. The number of carbonyl (C=O) groups excluding carboxylic acids is 1. The molecule has 24 heavy (non-hydrogen) atoms. The van der Waals surface area contributed by atoms with Crippen LogP contribution in [0.4, 0.5) is 14.9 Å². The lowest BCUT2D eigenvalue weighted by Crippen LogP contribution is -2.48. The van der Waals surface area contributed by atoms with Gasteiger partial charge in [0.25, 0.3) is 5.89 Å². The van der Waals surface area contributed by atoms with Crippen molar-refractivity contribution in [1.82, 2.24) is 15.5 Å². The van der Waals surface area contributed by atoms with Crippen LogP contribution in [0.5, 0.6) is 0 Å². The second-order valence-corrected chi connectivity index (χ2v) is 6.54. The summed E-state index contributed by atoms with van der Waals surface area (Å²) >= 11 is 0. The molecule has 1 fully saturated rings. The second-order valence-electron chi connectivity index (χ2n) is 6.54. The van der Waals surface area contributed by atoms with E-state index in [9.17, 15) is 14.3 Å². The van der Waals surface area contributed by atoms with Gasteiger partial charge in [0.05, 0.1) is 23.4 Å². The smallest absolute Gasteiger partial charge is 0.319 e. The zero-order chi connectivity index (χ0) is 17.3. The van der Waals surface area contributed by atoms with Crippen LogP contribution in [0.1, 0.15) is 38.4 Å². The Morgan fingerprint density at radius 2 is 2.21 bits per heavy atom. The van der Waals surface area contributed by atoms with Gasteiger partial charge in [-0.25, -0.2) is 9.18 Å². The molecule has 3 N–H and O–H groups in total. The number of benzene rings is 1. The number of aliphatic hydroxyl groups is 1. The lowest BCUT2D eigenvalue weighted by atomic mass is 10.1.